The van der Waals surface area contributed by atoms with Crippen molar-refractivity contribution in [3.05, 3.63) is 45.8 Å². The van der Waals surface area contributed by atoms with Crippen LogP contribution in [0.15, 0.2) is 14.6 Å². The predicted molar refractivity (Wildman–Crippen MR) is 97.2 cm³/mol. The van der Waals surface area contributed by atoms with E-state index >= 15 is 0 Å². The number of hydrogen-bond acceptors (Lipinski definition) is 0. The van der Waals surface area contributed by atoms with E-state index in [-0.39, 0.29) is 51.3 Å². The minimum atomic E-state index is -1.72. The average Bonchev–Trinajstić information content (AvgIpc) is 2.61. The largest absolute Gasteiger partial charge is 0.181 e. The number of halogens is 10. The van der Waals surface area contributed by atoms with Crippen molar-refractivity contribution < 1.29 is 0 Å². The van der Waals surface area contributed by atoms with Crippen molar-refractivity contribution in [1.29, 1.82) is 0 Å². The van der Waals surface area contributed by atoms with Gasteiger partial charge in [0, 0.05) is 16.7 Å². The zero-order valence-electron chi connectivity index (χ0n) is 9.28. The Labute approximate surface area is 170 Å². The third-order valence-electron chi connectivity index (χ3n) is 2.71. The first kappa shape index (κ1) is 18.9. The average molecular weight is 487 g/mol. The van der Waals surface area contributed by atoms with Crippen LogP contribution in [-0.4, -0.2) is 0 Å². The first-order valence-electron chi connectivity index (χ1n) is 4.89. The van der Waals surface area contributed by atoms with Crippen LogP contribution in [0, 0.1) is 0 Å². The summed E-state index contributed by atoms with van der Waals surface area (Å²) in [6.07, 6.45) is 0. The van der Waals surface area contributed by atoms with Crippen molar-refractivity contribution in [2.45, 2.75) is 4.33 Å². The van der Waals surface area contributed by atoms with Crippen molar-refractivity contribution in [2.75, 3.05) is 0 Å². The van der Waals surface area contributed by atoms with Crippen molar-refractivity contribution in [3.63, 3.8) is 0 Å². The molecule has 21 heavy (non-hydrogen) atoms. The fraction of sp³-hybridized carbons (Fsp3) is 0.0909. The molecule has 0 saturated carbocycles. The van der Waals surface area contributed by atoms with E-state index in [9.17, 15) is 0 Å². The predicted octanol–water partition coefficient (Wildman–Crippen LogP) is 8.78. The van der Waals surface area contributed by atoms with E-state index in [4.69, 9.17) is 116 Å². The minimum absolute atomic E-state index is 0.00412. The maximum Gasteiger partial charge on any atom is 0.181 e. The normalized spacial score (nSPS) is 16.3. The molecule has 1 aliphatic rings. The zero-order chi connectivity index (χ0) is 16.3. The van der Waals surface area contributed by atoms with Gasteiger partial charge in [-0.25, -0.2) is 0 Å². The molecule has 0 unspecified atom stereocenters. The Hall–Kier alpha value is 1.60. The molecule has 1 aliphatic carbocycles. The van der Waals surface area contributed by atoms with Crippen LogP contribution >= 0.6 is 116 Å². The van der Waals surface area contributed by atoms with E-state index in [0.29, 0.717) is 0 Å². The van der Waals surface area contributed by atoms with Crippen molar-refractivity contribution in [2.24, 2.45) is 0 Å². The van der Waals surface area contributed by atoms with Gasteiger partial charge in [-0.15, -0.1) is 0 Å². The molecule has 0 spiro atoms. The maximum atomic E-state index is 6.26. The van der Waals surface area contributed by atoms with Crippen LogP contribution in [0.5, 0.6) is 0 Å². The molecule has 0 bridgehead atoms. The molecule has 10 heteroatoms. The summed E-state index contributed by atoms with van der Waals surface area (Å²) in [7, 11) is 0. The van der Waals surface area contributed by atoms with Crippen LogP contribution in [0.1, 0.15) is 11.1 Å². The molecule has 0 atom stereocenters. The first-order valence-corrected chi connectivity index (χ1v) is 8.67. The highest BCUT2D eigenvalue weighted by Crippen LogP contribution is 2.62. The van der Waals surface area contributed by atoms with Gasteiger partial charge in [-0.2, -0.15) is 0 Å². The van der Waals surface area contributed by atoms with Gasteiger partial charge >= 0.3 is 0 Å². The van der Waals surface area contributed by atoms with Gasteiger partial charge < -0.3 is 0 Å². The molecule has 0 saturated heterocycles. The summed E-state index contributed by atoms with van der Waals surface area (Å²) in [5.41, 5.74) is 0.540. The Morgan fingerprint density at radius 3 is 1.67 bits per heavy atom. The zero-order valence-corrected chi connectivity index (χ0v) is 16.8. The van der Waals surface area contributed by atoms with Crippen molar-refractivity contribution in [1.82, 2.24) is 0 Å². The molecule has 0 radical (unpaired) electrons. The van der Waals surface area contributed by atoms with Crippen LogP contribution in [0.25, 0.3) is 5.57 Å². The summed E-state index contributed by atoms with van der Waals surface area (Å²) in [6, 6.07) is 0. The molecular weight excluding hydrogens is 487 g/mol. The molecule has 0 aliphatic heterocycles. The summed E-state index contributed by atoms with van der Waals surface area (Å²) >= 11 is 60.6. The van der Waals surface area contributed by atoms with Crippen molar-refractivity contribution in [3.8, 4) is 0 Å². The molecule has 0 amide bonds. The third-order valence-corrected chi connectivity index (χ3v) is 6.88. The summed E-state index contributed by atoms with van der Waals surface area (Å²) in [6.45, 7) is 0. The second-order valence-corrected chi connectivity index (χ2v) is 8.39. The van der Waals surface area contributed by atoms with Gasteiger partial charge in [0.1, 0.15) is 4.49 Å². The lowest BCUT2D eigenvalue weighted by Gasteiger charge is -2.18. The van der Waals surface area contributed by atoms with Crippen LogP contribution in [0.4, 0.5) is 0 Å². The van der Waals surface area contributed by atoms with E-state index in [0.717, 1.165) is 0 Å². The molecule has 0 N–H and O–H groups in total. The fourth-order valence-electron chi connectivity index (χ4n) is 1.84. The standard InChI is InChI=1S/C11Cl10/c12-4-1-2(5(13)10(18)19)9(17)11(20,21)3(1)6(14)8(16)7(4)15. The Bertz CT molecular complexity index is 708. The van der Waals surface area contributed by atoms with Gasteiger partial charge in [-0.3, -0.25) is 0 Å². The number of benzene rings is 1. The summed E-state index contributed by atoms with van der Waals surface area (Å²) in [5, 5.41) is -0.115. The lowest BCUT2D eigenvalue weighted by Crippen LogP contribution is -2.08. The van der Waals surface area contributed by atoms with Crippen LogP contribution in [-0.2, 0) is 4.33 Å². The van der Waals surface area contributed by atoms with Gasteiger partial charge in [-0.05, 0) is 0 Å². The number of alkyl halides is 2. The first-order chi connectivity index (χ1) is 9.53. The van der Waals surface area contributed by atoms with E-state index in [1.807, 2.05) is 0 Å². The number of fused-ring (bicyclic) bond motifs is 1. The lowest BCUT2D eigenvalue weighted by atomic mass is 10.0. The molecule has 1 aromatic rings. The quantitative estimate of drug-likeness (QED) is 0.211. The lowest BCUT2D eigenvalue weighted by molar-refractivity contribution is 1.11. The SMILES string of the molecule is ClC(Cl)=C(Cl)C1=C(Cl)C(Cl)(Cl)c2c(Cl)c(Cl)c(Cl)c(Cl)c21. The minimum Gasteiger partial charge on any atom is -0.0898 e. The molecule has 1 aromatic carbocycles. The van der Waals surface area contributed by atoms with Gasteiger partial charge in [0.15, 0.2) is 4.33 Å². The van der Waals surface area contributed by atoms with Crippen LogP contribution in [0.3, 0.4) is 0 Å². The molecule has 0 nitrogen and oxygen atoms in total. The molecular formula is C11Cl10. The Kier molecular flexibility index (Phi) is 5.85. The fourth-order valence-corrected chi connectivity index (χ4v) is 4.30. The highest BCUT2D eigenvalue weighted by atomic mass is 35.5. The monoisotopic (exact) mass is 482 g/mol. The number of hydrogen-bond donors (Lipinski definition) is 0. The smallest absolute Gasteiger partial charge is 0.0898 e. The third kappa shape index (κ3) is 2.89. The topological polar surface area (TPSA) is 0 Å². The highest BCUT2D eigenvalue weighted by Gasteiger charge is 2.47. The summed E-state index contributed by atoms with van der Waals surface area (Å²) in [4.78, 5) is 0. The molecule has 0 aromatic heterocycles. The van der Waals surface area contributed by atoms with E-state index < -0.39 is 4.33 Å². The molecule has 0 heterocycles. The molecule has 0 fully saturated rings. The number of allylic oxidation sites excluding steroid dienone is 3. The molecule has 114 valence electrons. The second-order valence-electron chi connectivity index (χ2n) is 3.84. The van der Waals surface area contributed by atoms with E-state index in [1.165, 1.54) is 0 Å². The van der Waals surface area contributed by atoms with E-state index in [1.54, 1.807) is 0 Å². The summed E-state index contributed by atoms with van der Waals surface area (Å²) < 4.78 is -1.97. The Morgan fingerprint density at radius 1 is 0.714 bits per heavy atom. The Balaban J connectivity index is 3.01. The molecule has 2 rings (SSSR count). The second kappa shape index (κ2) is 6.48. The Morgan fingerprint density at radius 2 is 1.19 bits per heavy atom. The summed E-state index contributed by atoms with van der Waals surface area (Å²) in [5.74, 6) is 0. The number of rotatable bonds is 1. The van der Waals surface area contributed by atoms with Gasteiger partial charge in [-0.1, -0.05) is 116 Å². The van der Waals surface area contributed by atoms with Crippen molar-refractivity contribution >= 4 is 122 Å². The van der Waals surface area contributed by atoms with E-state index in [2.05, 4.69) is 0 Å². The van der Waals surface area contributed by atoms with Crippen LogP contribution < -0.4 is 0 Å². The van der Waals surface area contributed by atoms with Gasteiger partial charge in [0.2, 0.25) is 0 Å². The highest BCUT2D eigenvalue weighted by molar-refractivity contribution is 6.65. The van der Waals surface area contributed by atoms with Crippen LogP contribution in [0.2, 0.25) is 20.1 Å². The van der Waals surface area contributed by atoms with Gasteiger partial charge in [0.25, 0.3) is 0 Å². The van der Waals surface area contributed by atoms with Gasteiger partial charge in [0.05, 0.1) is 30.2 Å². The maximum absolute atomic E-state index is 6.26.